The van der Waals surface area contributed by atoms with Gasteiger partial charge in [-0.25, -0.2) is 0 Å². The molecule has 0 aliphatic carbocycles. The molecule has 0 bridgehead atoms. The molecule has 10 rings (SSSR count). The third-order valence-electron chi connectivity index (χ3n) is 10.7. The second-order valence-electron chi connectivity index (χ2n) is 13.5. The van der Waals surface area contributed by atoms with Crippen molar-refractivity contribution in [2.45, 2.75) is 6.92 Å². The molecular weight excluding hydrogens is 661 g/mol. The minimum absolute atomic E-state index is 1.06. The number of rotatable bonds is 6. The van der Waals surface area contributed by atoms with E-state index in [0.717, 1.165) is 22.3 Å². The fraction of sp³-hybridized carbons (Fsp3) is 0.0196. The van der Waals surface area contributed by atoms with Gasteiger partial charge in [0.25, 0.3) is 0 Å². The zero-order valence-electron chi connectivity index (χ0n) is 29.3. The van der Waals surface area contributed by atoms with E-state index in [1.807, 2.05) is 23.7 Å². The molecule has 250 valence electrons. The van der Waals surface area contributed by atoms with Gasteiger partial charge < -0.3 is 4.42 Å². The molecule has 0 amide bonds. The molecule has 0 spiro atoms. The lowest BCUT2D eigenvalue weighted by molar-refractivity contribution is 0.568. The Morgan fingerprint density at radius 1 is 0.491 bits per heavy atom. The maximum atomic E-state index is 5.62. The first-order chi connectivity index (χ1) is 26.2. The molecule has 2 aromatic heterocycles. The SMILES string of the molecule is C=Cc1c(/C=C\C)c(-c2ccoc2)c2ccccc2c1-c1cccc2sc3ccc(-c4c5ccccc5c(-c5ccccc5)c5ccccc45)cc3c12. The standard InChI is InChI=1S/C51H34OS/c1-3-15-36-35(4-2)50(42-23-13-12-22-41(42)49(36)34-28-29-52-31-34)43-24-14-25-46-51(43)44-30-33(26-27-45(44)53-46)48-39-20-10-8-18-37(39)47(32-16-6-5-7-17-32)38-19-9-11-21-40(38)48/h3-31H,2H2,1H3/b15-3-. The highest BCUT2D eigenvalue weighted by Crippen LogP contribution is 2.49. The molecule has 0 radical (unpaired) electrons. The molecule has 0 saturated heterocycles. The van der Waals surface area contributed by atoms with Gasteiger partial charge in [0.1, 0.15) is 0 Å². The lowest BCUT2D eigenvalue weighted by atomic mass is 9.82. The second kappa shape index (κ2) is 12.6. The first kappa shape index (κ1) is 31.3. The van der Waals surface area contributed by atoms with E-state index in [0.29, 0.717) is 0 Å². The van der Waals surface area contributed by atoms with Crippen LogP contribution in [0.15, 0.2) is 175 Å². The Kier molecular flexibility index (Phi) is 7.45. The average molecular weight is 695 g/mol. The minimum Gasteiger partial charge on any atom is -0.472 e. The minimum atomic E-state index is 1.06. The van der Waals surface area contributed by atoms with E-state index >= 15 is 0 Å². The van der Waals surface area contributed by atoms with Crippen LogP contribution in [0.4, 0.5) is 0 Å². The number of hydrogen-bond acceptors (Lipinski definition) is 2. The Balaban J connectivity index is 1.30. The Bertz CT molecular complexity index is 3010. The van der Waals surface area contributed by atoms with Crippen molar-refractivity contribution in [3.8, 4) is 44.5 Å². The van der Waals surface area contributed by atoms with Gasteiger partial charge in [-0.05, 0) is 108 Å². The Labute approximate surface area is 312 Å². The first-order valence-corrected chi connectivity index (χ1v) is 18.9. The molecule has 1 nitrogen and oxygen atoms in total. The number of thiophene rings is 1. The molecule has 0 atom stereocenters. The van der Waals surface area contributed by atoms with Crippen LogP contribution in [0.2, 0.25) is 0 Å². The van der Waals surface area contributed by atoms with Gasteiger partial charge in [-0.3, -0.25) is 0 Å². The van der Waals surface area contributed by atoms with Crippen molar-refractivity contribution in [2.75, 3.05) is 0 Å². The highest BCUT2D eigenvalue weighted by Gasteiger charge is 2.23. The van der Waals surface area contributed by atoms with Crippen molar-refractivity contribution in [3.63, 3.8) is 0 Å². The number of furan rings is 1. The Morgan fingerprint density at radius 2 is 1.09 bits per heavy atom. The average Bonchev–Trinajstić information content (AvgIpc) is 3.88. The van der Waals surface area contributed by atoms with Crippen molar-refractivity contribution in [3.05, 3.63) is 182 Å². The van der Waals surface area contributed by atoms with E-state index in [1.54, 1.807) is 6.26 Å². The van der Waals surface area contributed by atoms with Crippen LogP contribution in [0.1, 0.15) is 18.1 Å². The van der Waals surface area contributed by atoms with E-state index in [9.17, 15) is 0 Å². The van der Waals surface area contributed by atoms with Crippen LogP contribution in [0.25, 0.3) is 109 Å². The summed E-state index contributed by atoms with van der Waals surface area (Å²) in [6.45, 7) is 6.48. The van der Waals surface area contributed by atoms with Gasteiger partial charge in [-0.2, -0.15) is 0 Å². The smallest absolute Gasteiger partial charge is 0.0981 e. The summed E-state index contributed by atoms with van der Waals surface area (Å²) in [5, 5.41) is 9.98. The molecule has 0 saturated carbocycles. The lowest BCUT2D eigenvalue weighted by Crippen LogP contribution is -1.96. The summed E-state index contributed by atoms with van der Waals surface area (Å²) in [6, 6.07) is 53.3. The molecule has 8 aromatic carbocycles. The molecule has 0 aliphatic heterocycles. The Morgan fingerprint density at radius 3 is 1.70 bits per heavy atom. The quantitative estimate of drug-likeness (QED) is 0.158. The van der Waals surface area contributed by atoms with Crippen molar-refractivity contribution in [1.29, 1.82) is 0 Å². The lowest BCUT2D eigenvalue weighted by Gasteiger charge is -2.20. The molecule has 0 N–H and O–H groups in total. The molecule has 10 aromatic rings. The predicted molar refractivity (Wildman–Crippen MR) is 231 cm³/mol. The summed E-state index contributed by atoms with van der Waals surface area (Å²) in [5.74, 6) is 0. The second-order valence-corrected chi connectivity index (χ2v) is 14.6. The molecular formula is C51H34OS. The largest absolute Gasteiger partial charge is 0.472 e. The van der Waals surface area contributed by atoms with E-state index < -0.39 is 0 Å². The maximum Gasteiger partial charge on any atom is 0.0981 e. The van der Waals surface area contributed by atoms with Crippen molar-refractivity contribution >= 4 is 76.0 Å². The molecule has 2 heteroatoms. The van der Waals surface area contributed by atoms with E-state index in [4.69, 9.17) is 4.42 Å². The summed E-state index contributed by atoms with van der Waals surface area (Å²) in [7, 11) is 0. The highest BCUT2D eigenvalue weighted by molar-refractivity contribution is 7.26. The fourth-order valence-corrected chi connectivity index (χ4v) is 9.70. The highest BCUT2D eigenvalue weighted by atomic mass is 32.1. The van der Waals surface area contributed by atoms with Crippen LogP contribution < -0.4 is 0 Å². The van der Waals surface area contributed by atoms with Gasteiger partial charge in [0, 0.05) is 31.3 Å². The number of fused-ring (bicyclic) bond motifs is 6. The molecule has 53 heavy (non-hydrogen) atoms. The Hall–Kier alpha value is -6.48. The van der Waals surface area contributed by atoms with Gasteiger partial charge in [-0.15, -0.1) is 11.3 Å². The zero-order valence-corrected chi connectivity index (χ0v) is 30.1. The van der Waals surface area contributed by atoms with Crippen LogP contribution in [-0.4, -0.2) is 0 Å². The van der Waals surface area contributed by atoms with Crippen molar-refractivity contribution in [1.82, 2.24) is 0 Å². The maximum absolute atomic E-state index is 5.62. The van der Waals surface area contributed by atoms with E-state index in [-0.39, 0.29) is 0 Å². The third kappa shape index (κ3) is 4.84. The summed E-state index contributed by atoms with van der Waals surface area (Å²) in [5.41, 5.74) is 11.9. The van der Waals surface area contributed by atoms with Crippen LogP contribution in [0.5, 0.6) is 0 Å². The zero-order chi connectivity index (χ0) is 35.5. The van der Waals surface area contributed by atoms with Gasteiger partial charge in [0.15, 0.2) is 0 Å². The summed E-state index contributed by atoms with van der Waals surface area (Å²) < 4.78 is 8.17. The summed E-state index contributed by atoms with van der Waals surface area (Å²) in [6.07, 6.45) is 9.97. The number of benzene rings is 8. The first-order valence-electron chi connectivity index (χ1n) is 18.1. The molecule has 0 aliphatic rings. The number of hydrogen-bond donors (Lipinski definition) is 0. The molecule has 0 unspecified atom stereocenters. The van der Waals surface area contributed by atoms with Crippen LogP contribution in [-0.2, 0) is 0 Å². The normalized spacial score (nSPS) is 11.9. The summed E-state index contributed by atoms with van der Waals surface area (Å²) in [4.78, 5) is 0. The van der Waals surface area contributed by atoms with Gasteiger partial charge in [-0.1, -0.05) is 146 Å². The van der Waals surface area contributed by atoms with Gasteiger partial charge >= 0.3 is 0 Å². The summed E-state index contributed by atoms with van der Waals surface area (Å²) >= 11 is 1.86. The van der Waals surface area contributed by atoms with Crippen LogP contribution >= 0.6 is 11.3 Å². The molecule has 0 fully saturated rings. The van der Waals surface area contributed by atoms with Gasteiger partial charge in [0.05, 0.1) is 12.5 Å². The van der Waals surface area contributed by atoms with Gasteiger partial charge in [0.2, 0.25) is 0 Å². The fourth-order valence-electron chi connectivity index (χ4n) is 8.58. The topological polar surface area (TPSA) is 13.1 Å². The monoisotopic (exact) mass is 694 g/mol. The predicted octanol–water partition coefficient (Wildman–Crippen LogP) is 15.5. The van der Waals surface area contributed by atoms with E-state index in [2.05, 4.69) is 171 Å². The van der Waals surface area contributed by atoms with Crippen LogP contribution in [0.3, 0.4) is 0 Å². The van der Waals surface area contributed by atoms with E-state index in [1.165, 1.54) is 85.9 Å². The third-order valence-corrected chi connectivity index (χ3v) is 11.8. The van der Waals surface area contributed by atoms with Crippen LogP contribution in [0, 0.1) is 0 Å². The molecule has 2 heterocycles. The number of allylic oxidation sites excluding steroid dienone is 1. The van der Waals surface area contributed by atoms with Crippen molar-refractivity contribution < 1.29 is 4.42 Å². The van der Waals surface area contributed by atoms with Crippen molar-refractivity contribution in [2.24, 2.45) is 0 Å².